The summed E-state index contributed by atoms with van der Waals surface area (Å²) in [6.07, 6.45) is 3.75. The van der Waals surface area contributed by atoms with Gasteiger partial charge in [0.25, 0.3) is 0 Å². The smallest absolute Gasteiger partial charge is 0.186 e. The van der Waals surface area contributed by atoms with Crippen molar-refractivity contribution in [1.82, 2.24) is 9.97 Å². The highest BCUT2D eigenvalue weighted by molar-refractivity contribution is 5.80. The first-order valence-electron chi connectivity index (χ1n) is 5.83. The van der Waals surface area contributed by atoms with Crippen LogP contribution in [0.1, 0.15) is 25.0 Å². The average Bonchev–Trinajstić information content (AvgIpc) is 3.18. The van der Waals surface area contributed by atoms with Crippen molar-refractivity contribution >= 4 is 11.7 Å². The molecule has 3 N–H and O–H groups in total. The number of oxime groups is 1. The van der Waals surface area contributed by atoms with Crippen molar-refractivity contribution in [3.8, 4) is 0 Å². The van der Waals surface area contributed by atoms with Crippen molar-refractivity contribution < 1.29 is 9.60 Å². The van der Waals surface area contributed by atoms with E-state index in [1.807, 2.05) is 4.90 Å². The van der Waals surface area contributed by atoms with Gasteiger partial charge in [0.15, 0.2) is 11.6 Å². The zero-order valence-corrected chi connectivity index (χ0v) is 10.2. The topological polar surface area (TPSA) is 87.6 Å². The summed E-state index contributed by atoms with van der Waals surface area (Å²) in [6, 6.07) is 0.292. The van der Waals surface area contributed by atoms with Crippen LogP contribution < -0.4 is 10.6 Å². The lowest BCUT2D eigenvalue weighted by molar-refractivity contribution is 0.317. The van der Waals surface area contributed by atoms with E-state index < -0.39 is 5.82 Å². The number of aromatic nitrogens is 2. The predicted molar refractivity (Wildman–Crippen MR) is 65.1 cm³/mol. The molecule has 1 fully saturated rings. The summed E-state index contributed by atoms with van der Waals surface area (Å²) in [5, 5.41) is 11.4. The molecule has 0 radical (unpaired) electrons. The van der Waals surface area contributed by atoms with Gasteiger partial charge >= 0.3 is 0 Å². The largest absolute Gasteiger partial charge is 0.409 e. The molecule has 0 atom stereocenters. The van der Waals surface area contributed by atoms with Gasteiger partial charge in [-0.25, -0.2) is 14.4 Å². The van der Waals surface area contributed by atoms with E-state index >= 15 is 0 Å². The van der Waals surface area contributed by atoms with Gasteiger partial charge in [-0.2, -0.15) is 0 Å². The molecule has 2 rings (SSSR count). The summed E-state index contributed by atoms with van der Waals surface area (Å²) in [6.45, 7) is 2.09. The van der Waals surface area contributed by atoms with Gasteiger partial charge in [-0.05, 0) is 19.8 Å². The SMILES string of the molecule is Cc1ncnc(N(CCC(N)=NO)C2CC2)c1F. The van der Waals surface area contributed by atoms with E-state index in [4.69, 9.17) is 10.9 Å². The lowest BCUT2D eigenvalue weighted by Crippen LogP contribution is -2.32. The van der Waals surface area contributed by atoms with Gasteiger partial charge in [0.2, 0.25) is 0 Å². The van der Waals surface area contributed by atoms with Crippen LogP contribution in [0.15, 0.2) is 11.5 Å². The minimum Gasteiger partial charge on any atom is -0.409 e. The highest BCUT2D eigenvalue weighted by Crippen LogP contribution is 2.32. The van der Waals surface area contributed by atoms with E-state index in [1.54, 1.807) is 6.92 Å². The quantitative estimate of drug-likeness (QED) is 0.354. The van der Waals surface area contributed by atoms with E-state index in [9.17, 15) is 4.39 Å². The molecule has 98 valence electrons. The molecule has 0 unspecified atom stereocenters. The van der Waals surface area contributed by atoms with Crippen LogP contribution >= 0.6 is 0 Å². The number of hydrogen-bond acceptors (Lipinski definition) is 5. The number of rotatable bonds is 5. The third-order valence-electron chi connectivity index (χ3n) is 2.94. The monoisotopic (exact) mass is 253 g/mol. The molecule has 0 spiro atoms. The molecule has 0 bridgehead atoms. The van der Waals surface area contributed by atoms with Gasteiger partial charge in [-0.15, -0.1) is 0 Å². The van der Waals surface area contributed by atoms with Crippen LogP contribution in [0.4, 0.5) is 10.2 Å². The first kappa shape index (κ1) is 12.5. The molecule has 0 amide bonds. The standard InChI is InChI=1S/C11H16FN5O/c1-7-10(12)11(15-6-14-7)17(8-2-3-8)5-4-9(13)16-18/h6,8,18H,2-5H2,1H3,(H2,13,16). The summed E-state index contributed by atoms with van der Waals surface area (Å²) in [7, 11) is 0. The fourth-order valence-corrected chi connectivity index (χ4v) is 1.78. The summed E-state index contributed by atoms with van der Waals surface area (Å²) in [4.78, 5) is 9.68. The highest BCUT2D eigenvalue weighted by atomic mass is 19.1. The fraction of sp³-hybridized carbons (Fsp3) is 0.545. The normalized spacial score (nSPS) is 15.8. The average molecular weight is 253 g/mol. The zero-order chi connectivity index (χ0) is 13.1. The van der Waals surface area contributed by atoms with Crippen LogP contribution in [0.5, 0.6) is 0 Å². The van der Waals surface area contributed by atoms with E-state index in [2.05, 4.69) is 15.1 Å². The first-order valence-corrected chi connectivity index (χ1v) is 5.83. The van der Waals surface area contributed by atoms with Crippen LogP contribution in [0, 0.1) is 12.7 Å². The summed E-state index contributed by atoms with van der Waals surface area (Å²) in [5.74, 6) is 0.0338. The molecular weight excluding hydrogens is 237 g/mol. The molecule has 1 saturated carbocycles. The second-order valence-electron chi connectivity index (χ2n) is 4.36. The maximum Gasteiger partial charge on any atom is 0.186 e. The van der Waals surface area contributed by atoms with Crippen LogP contribution in [0.2, 0.25) is 0 Å². The fourth-order valence-electron chi connectivity index (χ4n) is 1.78. The van der Waals surface area contributed by atoms with Crippen LogP contribution in [0.3, 0.4) is 0 Å². The minimum atomic E-state index is -0.399. The Labute approximate surface area is 104 Å². The number of anilines is 1. The minimum absolute atomic E-state index is 0.131. The number of nitrogens with two attached hydrogens (primary N) is 1. The van der Waals surface area contributed by atoms with Gasteiger partial charge in [0.05, 0.1) is 5.69 Å². The van der Waals surface area contributed by atoms with Crippen molar-refractivity contribution in [2.75, 3.05) is 11.4 Å². The number of aryl methyl sites for hydroxylation is 1. The third-order valence-corrected chi connectivity index (χ3v) is 2.94. The molecule has 0 saturated heterocycles. The van der Waals surface area contributed by atoms with Crippen LogP contribution in [0.25, 0.3) is 0 Å². The van der Waals surface area contributed by atoms with Crippen molar-refractivity contribution in [2.45, 2.75) is 32.2 Å². The zero-order valence-electron chi connectivity index (χ0n) is 10.2. The highest BCUT2D eigenvalue weighted by Gasteiger charge is 2.32. The summed E-state index contributed by atoms with van der Waals surface area (Å²) in [5.41, 5.74) is 5.76. The Bertz CT molecular complexity index is 461. The predicted octanol–water partition coefficient (Wildman–Crippen LogP) is 1.03. The lowest BCUT2D eigenvalue weighted by Gasteiger charge is -2.23. The third kappa shape index (κ3) is 2.66. The van der Waals surface area contributed by atoms with E-state index in [0.717, 1.165) is 12.8 Å². The molecule has 1 aromatic rings. The summed E-state index contributed by atoms with van der Waals surface area (Å²) < 4.78 is 14.0. The Balaban J connectivity index is 2.17. The molecule has 1 heterocycles. The Morgan fingerprint density at radius 3 is 2.94 bits per heavy atom. The molecule has 0 aromatic carbocycles. The maximum absolute atomic E-state index is 14.0. The Hall–Kier alpha value is -1.92. The van der Waals surface area contributed by atoms with E-state index in [1.165, 1.54) is 6.33 Å². The second kappa shape index (κ2) is 5.16. The van der Waals surface area contributed by atoms with Crippen LogP contribution in [-0.2, 0) is 0 Å². The van der Waals surface area contributed by atoms with Gasteiger partial charge in [-0.3, -0.25) is 0 Å². The number of nitrogens with zero attached hydrogens (tertiary/aromatic N) is 4. The molecule has 1 aromatic heterocycles. The van der Waals surface area contributed by atoms with Crippen molar-refractivity contribution in [3.05, 3.63) is 17.8 Å². The van der Waals surface area contributed by atoms with Crippen molar-refractivity contribution in [3.63, 3.8) is 0 Å². The summed E-state index contributed by atoms with van der Waals surface area (Å²) >= 11 is 0. The van der Waals surface area contributed by atoms with E-state index in [-0.39, 0.29) is 5.84 Å². The maximum atomic E-state index is 14.0. The van der Waals surface area contributed by atoms with E-state index in [0.29, 0.717) is 30.5 Å². The lowest BCUT2D eigenvalue weighted by atomic mass is 10.3. The van der Waals surface area contributed by atoms with Crippen molar-refractivity contribution in [1.29, 1.82) is 0 Å². The molecule has 6 nitrogen and oxygen atoms in total. The van der Waals surface area contributed by atoms with Crippen molar-refractivity contribution in [2.24, 2.45) is 10.9 Å². The molecular formula is C11H16FN5O. The number of amidine groups is 1. The first-order chi connectivity index (χ1) is 8.63. The molecule has 1 aliphatic rings. The molecule has 18 heavy (non-hydrogen) atoms. The second-order valence-corrected chi connectivity index (χ2v) is 4.36. The number of halogens is 1. The van der Waals surface area contributed by atoms with Crippen LogP contribution in [-0.4, -0.2) is 33.6 Å². The van der Waals surface area contributed by atoms with Gasteiger partial charge in [0, 0.05) is 19.0 Å². The Morgan fingerprint density at radius 2 is 2.33 bits per heavy atom. The number of hydrogen-bond donors (Lipinski definition) is 2. The molecule has 0 aliphatic heterocycles. The molecule has 7 heteroatoms. The Kier molecular flexibility index (Phi) is 3.59. The molecule has 1 aliphatic carbocycles. The van der Waals surface area contributed by atoms with Gasteiger partial charge in [-0.1, -0.05) is 5.16 Å². The Morgan fingerprint density at radius 1 is 1.61 bits per heavy atom. The van der Waals surface area contributed by atoms with Gasteiger partial charge in [0.1, 0.15) is 12.2 Å². The van der Waals surface area contributed by atoms with Gasteiger partial charge < -0.3 is 15.8 Å².